The molecule has 76 valence electrons. The number of hydrogen-bond donors (Lipinski definition) is 1. The molecule has 0 aromatic heterocycles. The predicted molar refractivity (Wildman–Crippen MR) is 66.0 cm³/mol. The van der Waals surface area contributed by atoms with E-state index in [1.807, 2.05) is 43.3 Å². The van der Waals surface area contributed by atoms with Crippen LogP contribution >= 0.6 is 11.6 Å². The van der Waals surface area contributed by atoms with Crippen molar-refractivity contribution in [3.8, 4) is 11.1 Å². The van der Waals surface area contributed by atoms with Crippen molar-refractivity contribution in [2.45, 2.75) is 6.92 Å². The summed E-state index contributed by atoms with van der Waals surface area (Å²) in [5.41, 5.74) is 9.86. The number of rotatable bonds is 1. The third-order valence-corrected chi connectivity index (χ3v) is 2.70. The van der Waals surface area contributed by atoms with Crippen molar-refractivity contribution in [1.29, 1.82) is 0 Å². The number of benzene rings is 2. The average molecular weight is 218 g/mol. The second-order valence-electron chi connectivity index (χ2n) is 3.57. The molecular weight excluding hydrogens is 206 g/mol. The van der Waals surface area contributed by atoms with Crippen molar-refractivity contribution in [2.75, 3.05) is 5.73 Å². The van der Waals surface area contributed by atoms with Gasteiger partial charge in [-0.05, 0) is 25.1 Å². The molecule has 0 fully saturated rings. The number of aryl methyl sites for hydroxylation is 1. The first-order chi connectivity index (χ1) is 7.18. The van der Waals surface area contributed by atoms with Gasteiger partial charge in [0.25, 0.3) is 0 Å². The molecule has 0 aliphatic heterocycles. The minimum atomic E-state index is 0.731. The molecular formula is C13H12ClN. The van der Waals surface area contributed by atoms with Crippen molar-refractivity contribution < 1.29 is 0 Å². The van der Waals surface area contributed by atoms with E-state index in [0.717, 1.165) is 21.8 Å². The summed E-state index contributed by atoms with van der Waals surface area (Å²) in [7, 11) is 0. The van der Waals surface area contributed by atoms with Crippen LogP contribution in [0.1, 0.15) is 5.56 Å². The number of hydrogen-bond acceptors (Lipinski definition) is 1. The fraction of sp³-hybridized carbons (Fsp3) is 0.0769. The Hall–Kier alpha value is -1.47. The molecule has 0 heterocycles. The Kier molecular flexibility index (Phi) is 2.65. The third-order valence-electron chi connectivity index (χ3n) is 2.37. The fourth-order valence-corrected chi connectivity index (χ4v) is 1.82. The monoisotopic (exact) mass is 217 g/mol. The van der Waals surface area contributed by atoms with Gasteiger partial charge in [-0.1, -0.05) is 41.4 Å². The van der Waals surface area contributed by atoms with Crippen LogP contribution in [-0.4, -0.2) is 0 Å². The summed E-state index contributed by atoms with van der Waals surface area (Å²) >= 11 is 6.13. The molecule has 2 aromatic rings. The summed E-state index contributed by atoms with van der Waals surface area (Å²) < 4.78 is 0. The molecule has 0 radical (unpaired) electrons. The van der Waals surface area contributed by atoms with E-state index in [1.54, 1.807) is 0 Å². The van der Waals surface area contributed by atoms with E-state index in [-0.39, 0.29) is 0 Å². The Morgan fingerprint density at radius 2 is 1.73 bits per heavy atom. The smallest absolute Gasteiger partial charge is 0.0485 e. The van der Waals surface area contributed by atoms with E-state index in [2.05, 4.69) is 6.07 Å². The molecule has 0 bridgehead atoms. The van der Waals surface area contributed by atoms with Crippen molar-refractivity contribution in [3.63, 3.8) is 0 Å². The van der Waals surface area contributed by atoms with Crippen LogP contribution in [0.15, 0.2) is 42.5 Å². The van der Waals surface area contributed by atoms with Crippen LogP contribution in [0.4, 0.5) is 5.69 Å². The molecule has 0 amide bonds. The summed E-state index contributed by atoms with van der Waals surface area (Å²) in [6.45, 7) is 2.04. The zero-order chi connectivity index (χ0) is 10.8. The molecule has 0 unspecified atom stereocenters. The molecule has 2 N–H and O–H groups in total. The van der Waals surface area contributed by atoms with Gasteiger partial charge in [-0.3, -0.25) is 0 Å². The lowest BCUT2D eigenvalue weighted by Crippen LogP contribution is -1.91. The molecule has 0 spiro atoms. The SMILES string of the molecule is Cc1ccc(N)c(-c2ccccc2Cl)c1. The largest absolute Gasteiger partial charge is 0.398 e. The highest BCUT2D eigenvalue weighted by Crippen LogP contribution is 2.32. The summed E-state index contributed by atoms with van der Waals surface area (Å²) in [6, 6.07) is 13.7. The maximum Gasteiger partial charge on any atom is 0.0485 e. The van der Waals surface area contributed by atoms with E-state index in [0.29, 0.717) is 0 Å². The van der Waals surface area contributed by atoms with Gasteiger partial charge in [0.2, 0.25) is 0 Å². The third kappa shape index (κ3) is 1.97. The molecule has 0 saturated carbocycles. The zero-order valence-corrected chi connectivity index (χ0v) is 9.25. The fourth-order valence-electron chi connectivity index (χ4n) is 1.58. The second-order valence-corrected chi connectivity index (χ2v) is 3.98. The summed E-state index contributed by atoms with van der Waals surface area (Å²) in [5.74, 6) is 0. The van der Waals surface area contributed by atoms with Crippen LogP contribution in [0.2, 0.25) is 5.02 Å². The van der Waals surface area contributed by atoms with Crippen LogP contribution in [0, 0.1) is 6.92 Å². The van der Waals surface area contributed by atoms with Gasteiger partial charge in [-0.15, -0.1) is 0 Å². The van der Waals surface area contributed by atoms with Gasteiger partial charge in [0, 0.05) is 21.8 Å². The van der Waals surface area contributed by atoms with Crippen molar-refractivity contribution >= 4 is 17.3 Å². The molecule has 0 aliphatic rings. The van der Waals surface area contributed by atoms with E-state index in [9.17, 15) is 0 Å². The van der Waals surface area contributed by atoms with Gasteiger partial charge in [0.05, 0.1) is 0 Å². The molecule has 0 atom stereocenters. The summed E-state index contributed by atoms with van der Waals surface area (Å²) in [4.78, 5) is 0. The molecule has 1 nitrogen and oxygen atoms in total. The highest BCUT2D eigenvalue weighted by atomic mass is 35.5. The van der Waals surface area contributed by atoms with E-state index < -0.39 is 0 Å². The number of nitrogens with two attached hydrogens (primary N) is 1. The van der Waals surface area contributed by atoms with E-state index in [1.165, 1.54) is 5.56 Å². The van der Waals surface area contributed by atoms with Crippen molar-refractivity contribution in [3.05, 3.63) is 53.1 Å². The van der Waals surface area contributed by atoms with Crippen molar-refractivity contribution in [1.82, 2.24) is 0 Å². The lowest BCUT2D eigenvalue weighted by Gasteiger charge is -2.08. The van der Waals surface area contributed by atoms with Crippen LogP contribution in [-0.2, 0) is 0 Å². The van der Waals surface area contributed by atoms with Crippen LogP contribution in [0.5, 0.6) is 0 Å². The van der Waals surface area contributed by atoms with Crippen molar-refractivity contribution in [2.24, 2.45) is 0 Å². The Balaban J connectivity index is 2.64. The predicted octanol–water partition coefficient (Wildman–Crippen LogP) is 3.90. The Labute approximate surface area is 94.5 Å². The van der Waals surface area contributed by atoms with Gasteiger partial charge >= 0.3 is 0 Å². The van der Waals surface area contributed by atoms with Gasteiger partial charge in [0.1, 0.15) is 0 Å². The topological polar surface area (TPSA) is 26.0 Å². The summed E-state index contributed by atoms with van der Waals surface area (Å²) in [6.07, 6.45) is 0. The first-order valence-corrected chi connectivity index (χ1v) is 5.17. The standard InChI is InChI=1S/C13H12ClN/c1-9-6-7-13(15)11(8-9)10-4-2-3-5-12(10)14/h2-8H,15H2,1H3. The normalized spacial score (nSPS) is 10.3. The van der Waals surface area contributed by atoms with Gasteiger partial charge in [-0.25, -0.2) is 0 Å². The first-order valence-electron chi connectivity index (χ1n) is 4.79. The number of nitrogen functional groups attached to an aromatic ring is 1. The van der Waals surface area contributed by atoms with Gasteiger partial charge in [-0.2, -0.15) is 0 Å². The number of anilines is 1. The average Bonchev–Trinajstić information content (AvgIpc) is 2.23. The Morgan fingerprint density at radius 3 is 2.47 bits per heavy atom. The maximum atomic E-state index is 6.13. The highest BCUT2D eigenvalue weighted by molar-refractivity contribution is 6.33. The number of halogens is 1. The minimum Gasteiger partial charge on any atom is -0.398 e. The Bertz CT molecular complexity index is 492. The lowest BCUT2D eigenvalue weighted by atomic mass is 10.0. The van der Waals surface area contributed by atoms with E-state index >= 15 is 0 Å². The molecule has 2 heteroatoms. The Morgan fingerprint density at radius 1 is 1.00 bits per heavy atom. The van der Waals surface area contributed by atoms with Crippen LogP contribution in [0.25, 0.3) is 11.1 Å². The van der Waals surface area contributed by atoms with E-state index in [4.69, 9.17) is 17.3 Å². The lowest BCUT2D eigenvalue weighted by molar-refractivity contribution is 1.47. The molecule has 0 saturated heterocycles. The van der Waals surface area contributed by atoms with Gasteiger partial charge < -0.3 is 5.73 Å². The highest BCUT2D eigenvalue weighted by Gasteiger charge is 2.05. The molecule has 2 rings (SSSR count). The maximum absolute atomic E-state index is 6.13. The summed E-state index contributed by atoms with van der Waals surface area (Å²) in [5, 5.41) is 0.731. The van der Waals surface area contributed by atoms with Gasteiger partial charge in [0.15, 0.2) is 0 Å². The molecule has 15 heavy (non-hydrogen) atoms. The molecule has 0 aliphatic carbocycles. The second kappa shape index (κ2) is 3.95. The van der Waals surface area contributed by atoms with Crippen LogP contribution < -0.4 is 5.73 Å². The zero-order valence-electron chi connectivity index (χ0n) is 8.50. The van der Waals surface area contributed by atoms with Crippen LogP contribution in [0.3, 0.4) is 0 Å². The first kappa shape index (κ1) is 10.1. The minimum absolute atomic E-state index is 0.731. The molecule has 2 aromatic carbocycles. The quantitative estimate of drug-likeness (QED) is 0.721.